The number of anilines is 1. The zero-order valence-electron chi connectivity index (χ0n) is 11.5. The van der Waals surface area contributed by atoms with E-state index in [0.717, 1.165) is 42.8 Å². The lowest BCUT2D eigenvalue weighted by atomic mass is 10.2. The number of hydrogen-bond donors (Lipinski definition) is 1. The van der Waals surface area contributed by atoms with Gasteiger partial charge in [0.05, 0.1) is 30.3 Å². The Morgan fingerprint density at radius 1 is 1.47 bits per heavy atom. The number of para-hydroxylation sites is 1. The molecule has 102 valence electrons. The van der Waals surface area contributed by atoms with Crippen molar-refractivity contribution in [1.29, 1.82) is 0 Å². The van der Waals surface area contributed by atoms with Gasteiger partial charge in [0.25, 0.3) is 0 Å². The minimum Gasteiger partial charge on any atom is -0.374 e. The van der Waals surface area contributed by atoms with Crippen LogP contribution in [0.25, 0.3) is 11.0 Å². The normalized spacial score (nSPS) is 21.1. The Bertz CT molecular complexity index is 592. The van der Waals surface area contributed by atoms with Crippen LogP contribution < -0.4 is 5.73 Å². The predicted molar refractivity (Wildman–Crippen MR) is 76.1 cm³/mol. The average molecular weight is 260 g/mol. The van der Waals surface area contributed by atoms with Gasteiger partial charge >= 0.3 is 0 Å². The number of fused-ring (bicyclic) bond motifs is 1. The maximum Gasteiger partial charge on any atom is 0.201 e. The number of rotatable bonds is 2. The third-order valence-electron chi connectivity index (χ3n) is 3.74. The molecule has 0 amide bonds. The van der Waals surface area contributed by atoms with Gasteiger partial charge in [0.15, 0.2) is 0 Å². The molecule has 0 radical (unpaired) electrons. The fourth-order valence-electron chi connectivity index (χ4n) is 2.68. The number of aromatic nitrogens is 2. The van der Waals surface area contributed by atoms with E-state index in [1.807, 2.05) is 6.07 Å². The highest BCUT2D eigenvalue weighted by atomic mass is 16.5. The number of hydrogen-bond acceptors (Lipinski definition) is 4. The number of ether oxygens (including phenoxy) is 1. The lowest BCUT2D eigenvalue weighted by Crippen LogP contribution is -2.42. The van der Waals surface area contributed by atoms with E-state index < -0.39 is 0 Å². The lowest BCUT2D eigenvalue weighted by molar-refractivity contribution is -0.0267. The van der Waals surface area contributed by atoms with Gasteiger partial charge in [0.2, 0.25) is 5.95 Å². The van der Waals surface area contributed by atoms with Crippen LogP contribution in [-0.2, 0) is 11.3 Å². The first-order valence-corrected chi connectivity index (χ1v) is 6.66. The summed E-state index contributed by atoms with van der Waals surface area (Å²) in [4.78, 5) is 6.76. The van der Waals surface area contributed by atoms with Crippen LogP contribution in [0.2, 0.25) is 0 Å². The largest absolute Gasteiger partial charge is 0.374 e. The summed E-state index contributed by atoms with van der Waals surface area (Å²) in [5, 5.41) is 0. The average Bonchev–Trinajstić information content (AvgIpc) is 2.69. The molecule has 0 bridgehead atoms. The van der Waals surface area contributed by atoms with E-state index in [9.17, 15) is 0 Å². The smallest absolute Gasteiger partial charge is 0.201 e. The standard InChI is InChI=1S/C14H20N4O/c1-10-4-3-5-12-13(10)16-14(15)18(12)9-11-8-17(2)6-7-19-11/h3-5,11H,6-9H2,1-2H3,(H2,15,16). The van der Waals surface area contributed by atoms with E-state index in [4.69, 9.17) is 10.5 Å². The monoisotopic (exact) mass is 260 g/mol. The summed E-state index contributed by atoms with van der Waals surface area (Å²) in [6, 6.07) is 6.17. The quantitative estimate of drug-likeness (QED) is 0.883. The van der Waals surface area contributed by atoms with Crippen LogP contribution in [0.1, 0.15) is 5.56 Å². The number of likely N-dealkylation sites (N-methyl/N-ethyl adjacent to an activating group) is 1. The second-order valence-corrected chi connectivity index (χ2v) is 5.28. The summed E-state index contributed by atoms with van der Waals surface area (Å²) in [7, 11) is 2.12. The van der Waals surface area contributed by atoms with Gasteiger partial charge in [0, 0.05) is 13.1 Å². The zero-order chi connectivity index (χ0) is 13.4. The highest BCUT2D eigenvalue weighted by molar-refractivity contribution is 5.81. The minimum atomic E-state index is 0.180. The number of benzene rings is 1. The van der Waals surface area contributed by atoms with Crippen LogP contribution in [0.4, 0.5) is 5.95 Å². The molecule has 1 fully saturated rings. The Morgan fingerprint density at radius 2 is 2.32 bits per heavy atom. The highest BCUT2D eigenvalue weighted by Crippen LogP contribution is 2.22. The molecule has 1 aliphatic rings. The number of nitrogens with two attached hydrogens (primary N) is 1. The number of nitrogens with zero attached hydrogens (tertiary/aromatic N) is 3. The topological polar surface area (TPSA) is 56.3 Å². The van der Waals surface area contributed by atoms with Gasteiger partial charge < -0.3 is 19.9 Å². The van der Waals surface area contributed by atoms with Crippen LogP contribution in [0.5, 0.6) is 0 Å². The van der Waals surface area contributed by atoms with Gasteiger partial charge in [-0.15, -0.1) is 0 Å². The second-order valence-electron chi connectivity index (χ2n) is 5.28. The van der Waals surface area contributed by atoms with E-state index in [1.54, 1.807) is 0 Å². The Balaban J connectivity index is 1.92. The van der Waals surface area contributed by atoms with Crippen LogP contribution in [0.15, 0.2) is 18.2 Å². The molecule has 0 saturated carbocycles. The van der Waals surface area contributed by atoms with Gasteiger partial charge in [-0.25, -0.2) is 4.98 Å². The molecular formula is C14H20N4O. The van der Waals surface area contributed by atoms with Crippen molar-refractivity contribution in [1.82, 2.24) is 14.5 Å². The first-order valence-electron chi connectivity index (χ1n) is 6.66. The molecule has 1 saturated heterocycles. The van der Waals surface area contributed by atoms with Crippen molar-refractivity contribution in [2.75, 3.05) is 32.5 Å². The fourth-order valence-corrected chi connectivity index (χ4v) is 2.68. The summed E-state index contributed by atoms with van der Waals surface area (Å²) in [6.07, 6.45) is 0.180. The molecule has 1 atom stereocenters. The number of aryl methyl sites for hydroxylation is 1. The number of imidazole rings is 1. The van der Waals surface area contributed by atoms with Crippen LogP contribution >= 0.6 is 0 Å². The maximum absolute atomic E-state index is 6.06. The maximum atomic E-state index is 6.06. The number of morpholine rings is 1. The van der Waals surface area contributed by atoms with Crippen molar-refractivity contribution >= 4 is 17.0 Å². The van der Waals surface area contributed by atoms with Crippen LogP contribution in [-0.4, -0.2) is 47.3 Å². The molecule has 2 N–H and O–H groups in total. The van der Waals surface area contributed by atoms with Crippen LogP contribution in [0.3, 0.4) is 0 Å². The lowest BCUT2D eigenvalue weighted by Gasteiger charge is -2.30. The third kappa shape index (κ3) is 2.31. The number of nitrogen functional groups attached to an aromatic ring is 1. The van der Waals surface area contributed by atoms with Crippen molar-refractivity contribution in [3.63, 3.8) is 0 Å². The minimum absolute atomic E-state index is 0.180. The Kier molecular flexibility index (Phi) is 3.16. The first kappa shape index (κ1) is 12.4. The van der Waals surface area contributed by atoms with E-state index in [0.29, 0.717) is 5.95 Å². The molecule has 0 aliphatic carbocycles. The predicted octanol–water partition coefficient (Wildman–Crippen LogP) is 1.26. The molecule has 5 nitrogen and oxygen atoms in total. The molecule has 2 heterocycles. The Labute approximate surface area is 113 Å². The molecule has 19 heavy (non-hydrogen) atoms. The van der Waals surface area contributed by atoms with Gasteiger partial charge in [-0.05, 0) is 25.6 Å². The molecule has 1 aliphatic heterocycles. The second kappa shape index (κ2) is 4.83. The molecule has 1 aromatic carbocycles. The van der Waals surface area contributed by atoms with Gasteiger partial charge in [-0.3, -0.25) is 0 Å². The molecule has 5 heteroatoms. The van der Waals surface area contributed by atoms with Crippen molar-refractivity contribution in [2.45, 2.75) is 19.6 Å². The summed E-state index contributed by atoms with van der Waals surface area (Å²) in [5.74, 6) is 0.570. The summed E-state index contributed by atoms with van der Waals surface area (Å²) < 4.78 is 7.87. The van der Waals surface area contributed by atoms with Gasteiger partial charge in [0.1, 0.15) is 0 Å². The molecule has 0 spiro atoms. The summed E-state index contributed by atoms with van der Waals surface area (Å²) >= 11 is 0. The Hall–Kier alpha value is -1.59. The fraction of sp³-hybridized carbons (Fsp3) is 0.500. The summed E-state index contributed by atoms with van der Waals surface area (Å²) in [6.45, 7) is 5.54. The molecule has 1 unspecified atom stereocenters. The SMILES string of the molecule is Cc1cccc2c1nc(N)n2CC1CN(C)CCO1. The van der Waals surface area contributed by atoms with E-state index in [-0.39, 0.29) is 6.10 Å². The molecule has 2 aromatic rings. The Morgan fingerprint density at radius 3 is 3.11 bits per heavy atom. The molecule has 3 rings (SSSR count). The van der Waals surface area contributed by atoms with Crippen molar-refractivity contribution in [3.05, 3.63) is 23.8 Å². The van der Waals surface area contributed by atoms with Crippen molar-refractivity contribution < 1.29 is 4.74 Å². The third-order valence-corrected chi connectivity index (χ3v) is 3.74. The first-order chi connectivity index (χ1) is 9.15. The van der Waals surface area contributed by atoms with Crippen LogP contribution in [0, 0.1) is 6.92 Å². The van der Waals surface area contributed by atoms with E-state index >= 15 is 0 Å². The van der Waals surface area contributed by atoms with E-state index in [2.05, 4.69) is 40.6 Å². The molecule has 1 aromatic heterocycles. The summed E-state index contributed by atoms with van der Waals surface area (Å²) in [5.41, 5.74) is 9.30. The van der Waals surface area contributed by atoms with E-state index in [1.165, 1.54) is 0 Å². The van der Waals surface area contributed by atoms with Gasteiger partial charge in [-0.1, -0.05) is 12.1 Å². The van der Waals surface area contributed by atoms with Crippen molar-refractivity contribution in [2.24, 2.45) is 0 Å². The zero-order valence-corrected chi connectivity index (χ0v) is 11.5. The van der Waals surface area contributed by atoms with Crippen molar-refractivity contribution in [3.8, 4) is 0 Å². The highest BCUT2D eigenvalue weighted by Gasteiger charge is 2.20. The molecular weight excluding hydrogens is 240 g/mol. The van der Waals surface area contributed by atoms with Gasteiger partial charge in [-0.2, -0.15) is 0 Å².